The fraction of sp³-hybridized carbons (Fsp3) is 0.692. The van der Waals surface area contributed by atoms with Gasteiger partial charge in [-0.05, 0) is 24.7 Å². The Labute approximate surface area is 109 Å². The molecule has 2 rings (SSSR count). The van der Waals surface area contributed by atoms with E-state index in [1.54, 1.807) is 0 Å². The van der Waals surface area contributed by atoms with Crippen LogP contribution < -0.4 is 16.6 Å². The Hall–Kier alpha value is -1.36. The van der Waals surface area contributed by atoms with Gasteiger partial charge in [0, 0.05) is 18.5 Å². The smallest absolute Gasteiger partial charge is 0.145 e. The minimum atomic E-state index is 0.328. The number of hydrogen-bond donors (Lipinski definition) is 3. The van der Waals surface area contributed by atoms with Crippen molar-refractivity contribution in [3.8, 4) is 0 Å². The van der Waals surface area contributed by atoms with Crippen molar-refractivity contribution in [3.63, 3.8) is 0 Å². The summed E-state index contributed by atoms with van der Waals surface area (Å²) in [7, 11) is 0. The number of hydrogen-bond acceptors (Lipinski definition) is 5. The zero-order valence-electron chi connectivity index (χ0n) is 11.5. The minimum Gasteiger partial charge on any atom is -0.370 e. The van der Waals surface area contributed by atoms with E-state index in [-0.39, 0.29) is 0 Å². The Balaban J connectivity index is 2.00. The summed E-state index contributed by atoms with van der Waals surface area (Å²) in [4.78, 5) is 8.93. The van der Waals surface area contributed by atoms with E-state index in [0.29, 0.717) is 17.2 Å². The highest BCUT2D eigenvalue weighted by molar-refractivity contribution is 5.47. The van der Waals surface area contributed by atoms with Gasteiger partial charge < -0.3 is 10.7 Å². The molecule has 1 aromatic rings. The highest BCUT2D eigenvalue weighted by Gasteiger charge is 2.27. The van der Waals surface area contributed by atoms with Crippen LogP contribution in [0.3, 0.4) is 0 Å². The summed E-state index contributed by atoms with van der Waals surface area (Å²) in [5.41, 5.74) is 2.93. The zero-order chi connectivity index (χ0) is 13.2. The number of nitrogens with two attached hydrogens (primary N) is 1. The lowest BCUT2D eigenvalue weighted by molar-refractivity contribution is 0.389. The minimum absolute atomic E-state index is 0.328. The van der Waals surface area contributed by atoms with E-state index in [0.717, 1.165) is 24.6 Å². The normalized spacial score (nSPS) is 15.6. The molecule has 0 radical (unpaired) electrons. The molecule has 0 atom stereocenters. The van der Waals surface area contributed by atoms with Crippen LogP contribution in [0.2, 0.25) is 0 Å². The molecule has 1 aromatic heterocycles. The number of nitrogens with one attached hydrogen (secondary N) is 2. The van der Waals surface area contributed by atoms with Gasteiger partial charge in [-0.15, -0.1) is 0 Å². The highest BCUT2D eigenvalue weighted by Crippen LogP contribution is 2.38. The van der Waals surface area contributed by atoms with Gasteiger partial charge in [0.05, 0.1) is 0 Å². The molecule has 0 saturated heterocycles. The van der Waals surface area contributed by atoms with Crippen LogP contribution in [0.5, 0.6) is 0 Å². The molecular weight excluding hydrogens is 226 g/mol. The second-order valence-corrected chi connectivity index (χ2v) is 6.15. The Morgan fingerprint density at radius 3 is 2.50 bits per heavy atom. The van der Waals surface area contributed by atoms with Gasteiger partial charge in [-0.1, -0.05) is 20.8 Å². The van der Waals surface area contributed by atoms with Crippen molar-refractivity contribution in [1.29, 1.82) is 0 Å². The lowest BCUT2D eigenvalue weighted by Crippen LogP contribution is -2.15. The van der Waals surface area contributed by atoms with Crippen LogP contribution in [0.15, 0.2) is 6.07 Å². The van der Waals surface area contributed by atoms with E-state index in [4.69, 9.17) is 5.84 Å². The molecule has 0 bridgehead atoms. The first-order valence-corrected chi connectivity index (χ1v) is 6.57. The first kappa shape index (κ1) is 13.1. The highest BCUT2D eigenvalue weighted by atomic mass is 15.3. The summed E-state index contributed by atoms with van der Waals surface area (Å²) >= 11 is 0. The molecule has 0 spiro atoms. The number of rotatable bonds is 5. The Morgan fingerprint density at radius 2 is 1.94 bits per heavy atom. The van der Waals surface area contributed by atoms with Gasteiger partial charge in [-0.2, -0.15) is 0 Å². The van der Waals surface area contributed by atoms with Crippen LogP contribution in [0, 0.1) is 5.41 Å². The Morgan fingerprint density at radius 1 is 1.28 bits per heavy atom. The summed E-state index contributed by atoms with van der Waals surface area (Å²) in [6.45, 7) is 7.61. The van der Waals surface area contributed by atoms with Crippen LogP contribution in [0.25, 0.3) is 0 Å². The van der Waals surface area contributed by atoms with E-state index in [9.17, 15) is 0 Å². The molecule has 1 aliphatic carbocycles. The Bertz CT molecular complexity index is 406. The maximum absolute atomic E-state index is 5.44. The van der Waals surface area contributed by atoms with E-state index in [2.05, 4.69) is 41.5 Å². The van der Waals surface area contributed by atoms with Gasteiger partial charge in [-0.3, -0.25) is 0 Å². The lowest BCUT2D eigenvalue weighted by atomic mass is 9.92. The molecule has 5 nitrogen and oxygen atoms in total. The summed E-state index contributed by atoms with van der Waals surface area (Å²) in [6.07, 6.45) is 3.48. The van der Waals surface area contributed by atoms with Gasteiger partial charge in [0.2, 0.25) is 0 Å². The third kappa shape index (κ3) is 3.84. The predicted octanol–water partition coefficient (Wildman–Crippen LogP) is 2.49. The second-order valence-electron chi connectivity index (χ2n) is 6.15. The lowest BCUT2D eigenvalue weighted by Gasteiger charge is -2.18. The summed E-state index contributed by atoms with van der Waals surface area (Å²) in [5.74, 6) is 8.42. The molecule has 100 valence electrons. The topological polar surface area (TPSA) is 75.9 Å². The first-order valence-electron chi connectivity index (χ1n) is 6.57. The number of anilines is 2. The van der Waals surface area contributed by atoms with E-state index < -0.39 is 0 Å². The predicted molar refractivity (Wildman–Crippen MR) is 74.4 cm³/mol. The van der Waals surface area contributed by atoms with E-state index in [1.807, 2.05) is 6.07 Å². The largest absolute Gasteiger partial charge is 0.370 e. The van der Waals surface area contributed by atoms with Crippen molar-refractivity contribution in [1.82, 2.24) is 9.97 Å². The third-order valence-corrected chi connectivity index (χ3v) is 3.01. The fourth-order valence-corrected chi connectivity index (χ4v) is 1.72. The number of nitrogen functional groups attached to an aromatic ring is 1. The molecular formula is C13H23N5. The van der Waals surface area contributed by atoms with Gasteiger partial charge in [0.25, 0.3) is 0 Å². The Kier molecular flexibility index (Phi) is 3.71. The molecule has 0 aromatic carbocycles. The van der Waals surface area contributed by atoms with Gasteiger partial charge in [-0.25, -0.2) is 15.8 Å². The molecule has 0 aliphatic heterocycles. The number of nitrogens with zero attached hydrogens (tertiary/aromatic N) is 2. The van der Waals surface area contributed by atoms with Crippen molar-refractivity contribution in [2.45, 2.75) is 46.0 Å². The molecule has 18 heavy (non-hydrogen) atoms. The van der Waals surface area contributed by atoms with Gasteiger partial charge in [0.1, 0.15) is 17.5 Å². The fourth-order valence-electron chi connectivity index (χ4n) is 1.72. The average Bonchev–Trinajstić information content (AvgIpc) is 3.10. The molecule has 1 saturated carbocycles. The quantitative estimate of drug-likeness (QED) is 0.552. The zero-order valence-corrected chi connectivity index (χ0v) is 11.5. The molecule has 0 unspecified atom stereocenters. The summed E-state index contributed by atoms with van der Waals surface area (Å²) in [5, 5.41) is 3.35. The summed E-state index contributed by atoms with van der Waals surface area (Å²) in [6, 6.07) is 1.86. The molecule has 1 aliphatic rings. The van der Waals surface area contributed by atoms with E-state index >= 15 is 0 Å². The maximum atomic E-state index is 5.44. The molecule has 5 heteroatoms. The van der Waals surface area contributed by atoms with E-state index in [1.165, 1.54) is 12.8 Å². The summed E-state index contributed by atoms with van der Waals surface area (Å²) < 4.78 is 0. The van der Waals surface area contributed by atoms with Crippen molar-refractivity contribution >= 4 is 11.6 Å². The van der Waals surface area contributed by atoms with Crippen molar-refractivity contribution in [2.24, 2.45) is 11.3 Å². The number of hydrazine groups is 1. The van der Waals surface area contributed by atoms with Crippen LogP contribution >= 0.6 is 0 Å². The molecule has 1 fully saturated rings. The van der Waals surface area contributed by atoms with Crippen molar-refractivity contribution in [3.05, 3.63) is 11.9 Å². The SMILES string of the molecule is CC(C)(C)CCNc1cc(NN)nc(C2CC2)n1. The molecule has 0 amide bonds. The first-order chi connectivity index (χ1) is 8.48. The number of aromatic nitrogens is 2. The van der Waals surface area contributed by atoms with Crippen LogP contribution in [-0.4, -0.2) is 16.5 Å². The molecule has 4 N–H and O–H groups in total. The van der Waals surface area contributed by atoms with Crippen LogP contribution in [-0.2, 0) is 0 Å². The standard InChI is InChI=1S/C13H23N5/c1-13(2,3)6-7-15-10-8-11(18-14)17-12(16-10)9-4-5-9/h8-9H,4-7,14H2,1-3H3,(H2,15,16,17,18). The van der Waals surface area contributed by atoms with Crippen LogP contribution in [0.1, 0.15) is 51.8 Å². The van der Waals surface area contributed by atoms with Crippen LogP contribution in [0.4, 0.5) is 11.6 Å². The maximum Gasteiger partial charge on any atom is 0.145 e. The average molecular weight is 249 g/mol. The van der Waals surface area contributed by atoms with Crippen molar-refractivity contribution < 1.29 is 0 Å². The second kappa shape index (κ2) is 5.10. The van der Waals surface area contributed by atoms with Crippen molar-refractivity contribution in [2.75, 3.05) is 17.3 Å². The molecule has 1 heterocycles. The monoisotopic (exact) mass is 249 g/mol. The van der Waals surface area contributed by atoms with Gasteiger partial charge >= 0.3 is 0 Å². The third-order valence-electron chi connectivity index (χ3n) is 3.01. The van der Waals surface area contributed by atoms with Gasteiger partial charge in [0.15, 0.2) is 0 Å².